The molecule has 5 atom stereocenters. The standard InChI is InChI=1S/C27H28N4O6/c1-34-21-14-27-9-5-10-31(27)11-8-17-12-19-20(36-15-35-19)13-18(17)22(27)25(21)37-26(33)24(32)23(29-30-28)16-6-3-2-4-7-16/h2-4,6-7,12-14,22-25,32H,5,8-11,15H2,1H3/t22-,23?,24?,25?,27+/m1/s1. The van der Waals surface area contributed by atoms with Crippen LogP contribution in [-0.2, 0) is 20.7 Å². The number of azide groups is 1. The van der Waals surface area contributed by atoms with Crippen LogP contribution in [0.2, 0.25) is 0 Å². The van der Waals surface area contributed by atoms with Gasteiger partial charge in [0.1, 0.15) is 5.76 Å². The lowest BCUT2D eigenvalue weighted by molar-refractivity contribution is -0.161. The molecule has 1 aliphatic carbocycles. The van der Waals surface area contributed by atoms with Gasteiger partial charge in [0.05, 0.1) is 24.6 Å². The number of ether oxygens (including phenoxy) is 4. The third-order valence-electron chi connectivity index (χ3n) is 8.07. The molecule has 3 unspecified atom stereocenters. The Bertz CT molecular complexity index is 1290. The maximum Gasteiger partial charge on any atom is 0.336 e. The predicted octanol–water partition coefficient (Wildman–Crippen LogP) is 3.76. The van der Waals surface area contributed by atoms with Crippen molar-refractivity contribution in [3.63, 3.8) is 0 Å². The molecule has 0 bridgehead atoms. The molecule has 37 heavy (non-hydrogen) atoms. The molecule has 0 saturated carbocycles. The predicted molar refractivity (Wildman–Crippen MR) is 132 cm³/mol. The number of fused-ring (bicyclic) bond motifs is 3. The highest BCUT2D eigenvalue weighted by molar-refractivity contribution is 5.76. The summed E-state index contributed by atoms with van der Waals surface area (Å²) in [6.45, 7) is 1.96. The Kier molecular flexibility index (Phi) is 5.95. The van der Waals surface area contributed by atoms with Crippen molar-refractivity contribution in [2.75, 3.05) is 27.0 Å². The monoisotopic (exact) mass is 504 g/mol. The molecule has 4 aliphatic rings. The highest BCUT2D eigenvalue weighted by Crippen LogP contribution is 2.55. The zero-order valence-electron chi connectivity index (χ0n) is 20.4. The third-order valence-corrected chi connectivity index (χ3v) is 8.07. The van der Waals surface area contributed by atoms with Gasteiger partial charge in [-0.25, -0.2) is 4.79 Å². The average molecular weight is 505 g/mol. The van der Waals surface area contributed by atoms with Gasteiger partial charge in [0.2, 0.25) is 6.79 Å². The van der Waals surface area contributed by atoms with Gasteiger partial charge in [0.15, 0.2) is 23.7 Å². The van der Waals surface area contributed by atoms with Crippen LogP contribution < -0.4 is 9.47 Å². The van der Waals surface area contributed by atoms with Crippen LogP contribution in [0.25, 0.3) is 10.4 Å². The molecule has 0 amide bonds. The van der Waals surface area contributed by atoms with Crippen LogP contribution in [0.1, 0.15) is 41.5 Å². The molecule has 10 heteroatoms. The Labute approximate surface area is 214 Å². The van der Waals surface area contributed by atoms with E-state index in [4.69, 9.17) is 24.5 Å². The first-order valence-electron chi connectivity index (χ1n) is 12.5. The van der Waals surface area contributed by atoms with Gasteiger partial charge in [0, 0.05) is 11.5 Å². The fourth-order valence-electron chi connectivity index (χ4n) is 6.44. The molecule has 1 N–H and O–H groups in total. The van der Waals surface area contributed by atoms with Crippen molar-refractivity contribution in [3.05, 3.63) is 81.4 Å². The molecule has 10 nitrogen and oxygen atoms in total. The average Bonchev–Trinajstić information content (AvgIpc) is 3.61. The van der Waals surface area contributed by atoms with Crippen molar-refractivity contribution in [3.8, 4) is 11.5 Å². The van der Waals surface area contributed by atoms with Gasteiger partial charge in [-0.1, -0.05) is 35.4 Å². The van der Waals surface area contributed by atoms with Crippen molar-refractivity contribution in [2.24, 2.45) is 5.11 Å². The second-order valence-electron chi connectivity index (χ2n) is 9.83. The highest BCUT2D eigenvalue weighted by atomic mass is 16.7. The second-order valence-corrected chi connectivity index (χ2v) is 9.83. The smallest absolute Gasteiger partial charge is 0.336 e. The van der Waals surface area contributed by atoms with Gasteiger partial charge in [-0.2, -0.15) is 0 Å². The molecule has 1 fully saturated rings. The van der Waals surface area contributed by atoms with Crippen LogP contribution in [0.15, 0.2) is 59.4 Å². The minimum absolute atomic E-state index is 0.173. The summed E-state index contributed by atoms with van der Waals surface area (Å²) in [5, 5.41) is 14.7. The molecule has 0 radical (unpaired) electrons. The number of carbonyl (C=O) groups is 1. The van der Waals surface area contributed by atoms with E-state index in [1.807, 2.05) is 12.1 Å². The van der Waals surface area contributed by atoms with Gasteiger partial charge in [0.25, 0.3) is 0 Å². The lowest BCUT2D eigenvalue weighted by Gasteiger charge is -2.39. The Morgan fingerprint density at radius 2 is 2.03 bits per heavy atom. The van der Waals surface area contributed by atoms with E-state index in [1.54, 1.807) is 37.4 Å². The first-order chi connectivity index (χ1) is 18.1. The first-order valence-corrected chi connectivity index (χ1v) is 12.5. The summed E-state index contributed by atoms with van der Waals surface area (Å²) < 4.78 is 23.2. The number of carbonyl (C=O) groups excluding carboxylic acids is 1. The summed E-state index contributed by atoms with van der Waals surface area (Å²) in [6.07, 6.45) is 2.37. The second kappa shape index (κ2) is 9.30. The van der Waals surface area contributed by atoms with Gasteiger partial charge in [-0.3, -0.25) is 4.90 Å². The molecule has 2 aromatic carbocycles. The molecule has 3 heterocycles. The minimum atomic E-state index is -1.69. The van der Waals surface area contributed by atoms with Crippen LogP contribution >= 0.6 is 0 Å². The van der Waals surface area contributed by atoms with Crippen molar-refractivity contribution < 1.29 is 28.8 Å². The Hall–Kier alpha value is -3.72. The Balaban J connectivity index is 1.38. The van der Waals surface area contributed by atoms with Crippen molar-refractivity contribution in [2.45, 2.75) is 49.0 Å². The van der Waals surface area contributed by atoms with Crippen LogP contribution in [-0.4, -0.2) is 60.7 Å². The molecule has 1 saturated heterocycles. The van der Waals surface area contributed by atoms with Crippen molar-refractivity contribution >= 4 is 5.97 Å². The maximum absolute atomic E-state index is 13.4. The van der Waals surface area contributed by atoms with Crippen LogP contribution in [0, 0.1) is 0 Å². The number of hydrogen-bond acceptors (Lipinski definition) is 8. The molecular formula is C27H28N4O6. The molecule has 3 aliphatic heterocycles. The molecular weight excluding hydrogens is 476 g/mol. The summed E-state index contributed by atoms with van der Waals surface area (Å²) in [5.41, 5.74) is 11.4. The summed E-state index contributed by atoms with van der Waals surface area (Å²) in [6, 6.07) is 11.6. The summed E-state index contributed by atoms with van der Waals surface area (Å²) in [5.74, 6) is 0.800. The normalized spacial score (nSPS) is 27.0. The fraction of sp³-hybridized carbons (Fsp3) is 0.444. The maximum atomic E-state index is 13.4. The largest absolute Gasteiger partial charge is 0.497 e. The van der Waals surface area contributed by atoms with E-state index in [9.17, 15) is 9.90 Å². The van der Waals surface area contributed by atoms with E-state index in [0.29, 0.717) is 17.1 Å². The van der Waals surface area contributed by atoms with Gasteiger partial charge >= 0.3 is 5.97 Å². The van der Waals surface area contributed by atoms with E-state index in [0.717, 1.165) is 49.2 Å². The molecule has 0 aromatic heterocycles. The number of nitrogens with zero attached hydrogens (tertiary/aromatic N) is 4. The minimum Gasteiger partial charge on any atom is -0.497 e. The topological polar surface area (TPSA) is 126 Å². The number of esters is 1. The van der Waals surface area contributed by atoms with Gasteiger partial charge in [-0.05, 0) is 66.2 Å². The van der Waals surface area contributed by atoms with E-state index in [-0.39, 0.29) is 18.2 Å². The summed E-state index contributed by atoms with van der Waals surface area (Å²) in [7, 11) is 1.57. The van der Waals surface area contributed by atoms with E-state index < -0.39 is 24.2 Å². The number of aliphatic hydroxyl groups excluding tert-OH is 1. The van der Waals surface area contributed by atoms with E-state index >= 15 is 0 Å². The number of methoxy groups -OCH3 is 1. The van der Waals surface area contributed by atoms with Crippen LogP contribution in [0.4, 0.5) is 0 Å². The fourth-order valence-corrected chi connectivity index (χ4v) is 6.44. The van der Waals surface area contributed by atoms with E-state index in [2.05, 4.69) is 21.0 Å². The van der Waals surface area contributed by atoms with Gasteiger partial charge in [-0.15, -0.1) is 0 Å². The molecule has 1 spiro atoms. The Morgan fingerprint density at radius 1 is 1.24 bits per heavy atom. The Morgan fingerprint density at radius 3 is 2.78 bits per heavy atom. The number of benzene rings is 2. The first kappa shape index (κ1) is 23.7. The lowest BCUT2D eigenvalue weighted by Crippen LogP contribution is -2.48. The number of hydrogen-bond donors (Lipinski definition) is 1. The zero-order chi connectivity index (χ0) is 25.6. The lowest BCUT2D eigenvalue weighted by atomic mass is 9.77. The summed E-state index contributed by atoms with van der Waals surface area (Å²) in [4.78, 5) is 18.7. The van der Waals surface area contributed by atoms with Gasteiger partial charge < -0.3 is 24.1 Å². The quantitative estimate of drug-likeness (QED) is 0.275. The summed E-state index contributed by atoms with van der Waals surface area (Å²) >= 11 is 0. The highest BCUT2D eigenvalue weighted by Gasteiger charge is 2.58. The SMILES string of the molecule is COC1=C[C@]23CCCN2CCc2cc4c(cc2[C@@H]3C1OC(=O)C(O)C(N=[N+]=[N-])c1ccccc1)OCO4. The third kappa shape index (κ3) is 3.80. The van der Waals surface area contributed by atoms with E-state index in [1.165, 1.54) is 0 Å². The number of rotatable bonds is 6. The van der Waals surface area contributed by atoms with Crippen LogP contribution in [0.5, 0.6) is 11.5 Å². The van der Waals surface area contributed by atoms with Crippen LogP contribution in [0.3, 0.4) is 0 Å². The molecule has 6 rings (SSSR count). The zero-order valence-corrected chi connectivity index (χ0v) is 20.4. The molecule has 192 valence electrons. The van der Waals surface area contributed by atoms with Crippen molar-refractivity contribution in [1.82, 2.24) is 4.90 Å². The van der Waals surface area contributed by atoms with Crippen molar-refractivity contribution in [1.29, 1.82) is 0 Å². The number of aliphatic hydroxyl groups is 1. The molecule has 2 aromatic rings.